The maximum absolute atomic E-state index is 13.4. The predicted molar refractivity (Wildman–Crippen MR) is 107 cm³/mol. The second kappa shape index (κ2) is 6.77. The Hall–Kier alpha value is -1.06. The largest absolute Gasteiger partial charge is 0.381 e. The summed E-state index contributed by atoms with van der Waals surface area (Å²) in [4.78, 5) is 13.4. The molecule has 1 aliphatic heterocycles. The van der Waals surface area contributed by atoms with Crippen molar-refractivity contribution in [3.05, 3.63) is 34.9 Å². The van der Waals surface area contributed by atoms with E-state index >= 15 is 0 Å². The van der Waals surface area contributed by atoms with Gasteiger partial charge in [-0.05, 0) is 86.8 Å². The zero-order chi connectivity index (χ0) is 18.5. The number of nitrogens with one attached hydrogen (secondary N) is 1. The lowest BCUT2D eigenvalue weighted by atomic mass is 9.49. The van der Waals surface area contributed by atoms with Gasteiger partial charge in [-0.2, -0.15) is 0 Å². The molecule has 1 N–H and O–H groups in total. The zero-order valence-electron chi connectivity index (χ0n) is 16.0. The molecule has 146 valence electrons. The minimum atomic E-state index is -0.0740. The maximum atomic E-state index is 13.4. The molecule has 4 heteroatoms. The fraction of sp³-hybridized carbons (Fsp3) is 0.696. The van der Waals surface area contributed by atoms with Gasteiger partial charge in [0, 0.05) is 35.6 Å². The highest BCUT2D eigenvalue weighted by molar-refractivity contribution is 6.30. The van der Waals surface area contributed by atoms with Crippen LogP contribution in [0.25, 0.3) is 0 Å². The van der Waals surface area contributed by atoms with Gasteiger partial charge in [0.05, 0.1) is 0 Å². The Morgan fingerprint density at radius 3 is 2.30 bits per heavy atom. The lowest BCUT2D eigenvalue weighted by Crippen LogP contribution is -2.55. The molecule has 0 radical (unpaired) electrons. The first-order valence-corrected chi connectivity index (χ1v) is 11.1. The fourth-order valence-corrected chi connectivity index (χ4v) is 7.16. The number of amides is 1. The van der Waals surface area contributed by atoms with Gasteiger partial charge < -0.3 is 10.1 Å². The van der Waals surface area contributed by atoms with Gasteiger partial charge in [-0.1, -0.05) is 23.7 Å². The van der Waals surface area contributed by atoms with Crippen LogP contribution in [-0.2, 0) is 14.9 Å². The van der Waals surface area contributed by atoms with Crippen LogP contribution in [0.15, 0.2) is 24.3 Å². The Balaban J connectivity index is 1.34. The van der Waals surface area contributed by atoms with Gasteiger partial charge >= 0.3 is 0 Å². The highest BCUT2D eigenvalue weighted by atomic mass is 35.5. The minimum Gasteiger partial charge on any atom is -0.381 e. The van der Waals surface area contributed by atoms with Crippen LogP contribution in [-0.4, -0.2) is 25.7 Å². The molecule has 5 fully saturated rings. The molecule has 27 heavy (non-hydrogen) atoms. The topological polar surface area (TPSA) is 38.3 Å². The molecule has 4 saturated carbocycles. The summed E-state index contributed by atoms with van der Waals surface area (Å²) < 4.78 is 5.64. The van der Waals surface area contributed by atoms with Crippen LogP contribution in [0.4, 0.5) is 0 Å². The molecule has 0 unspecified atom stereocenters. The number of hydrogen-bond donors (Lipinski definition) is 1. The summed E-state index contributed by atoms with van der Waals surface area (Å²) in [7, 11) is 0. The molecule has 4 bridgehead atoms. The number of carbonyl (C=O) groups is 1. The minimum absolute atomic E-state index is 0.0545. The third-order valence-electron chi connectivity index (χ3n) is 7.99. The van der Waals surface area contributed by atoms with Crippen molar-refractivity contribution < 1.29 is 9.53 Å². The van der Waals surface area contributed by atoms with Crippen LogP contribution >= 0.6 is 11.6 Å². The lowest BCUT2D eigenvalue weighted by Gasteiger charge is -2.55. The third-order valence-corrected chi connectivity index (χ3v) is 8.23. The Morgan fingerprint density at radius 1 is 1.07 bits per heavy atom. The summed E-state index contributed by atoms with van der Waals surface area (Å²) in [5.41, 5.74) is 1.11. The molecule has 1 saturated heterocycles. The zero-order valence-corrected chi connectivity index (χ0v) is 16.8. The maximum Gasteiger partial charge on any atom is 0.226 e. The Labute approximate surface area is 167 Å². The number of benzene rings is 1. The quantitative estimate of drug-likeness (QED) is 0.811. The van der Waals surface area contributed by atoms with Crippen molar-refractivity contribution >= 4 is 17.5 Å². The van der Waals surface area contributed by atoms with Crippen molar-refractivity contribution in [3.63, 3.8) is 0 Å². The van der Waals surface area contributed by atoms with Crippen LogP contribution in [0.1, 0.15) is 56.9 Å². The van der Waals surface area contributed by atoms with E-state index in [1.54, 1.807) is 0 Å². The van der Waals surface area contributed by atoms with Crippen LogP contribution in [0.3, 0.4) is 0 Å². The first-order valence-electron chi connectivity index (χ1n) is 10.7. The van der Waals surface area contributed by atoms with Crippen LogP contribution < -0.4 is 5.32 Å². The second-order valence-corrected chi connectivity index (χ2v) is 10.2. The molecule has 1 aromatic carbocycles. The van der Waals surface area contributed by atoms with Gasteiger partial charge in [-0.3, -0.25) is 4.79 Å². The van der Waals surface area contributed by atoms with E-state index in [0.29, 0.717) is 12.5 Å². The predicted octanol–water partition coefficient (Wildman–Crippen LogP) is 4.72. The number of rotatable bonds is 4. The van der Waals surface area contributed by atoms with Gasteiger partial charge in [0.1, 0.15) is 0 Å². The summed E-state index contributed by atoms with van der Waals surface area (Å²) in [6.07, 6.45) is 9.36. The molecular formula is C23H30ClNO2. The Kier molecular flexibility index (Phi) is 4.52. The van der Waals surface area contributed by atoms with E-state index in [-0.39, 0.29) is 10.8 Å². The lowest BCUT2D eigenvalue weighted by molar-refractivity contribution is -0.146. The summed E-state index contributed by atoms with van der Waals surface area (Å²) in [6.45, 7) is 2.21. The van der Waals surface area contributed by atoms with Crippen LogP contribution in [0, 0.1) is 23.2 Å². The van der Waals surface area contributed by atoms with Crippen molar-refractivity contribution in [3.8, 4) is 0 Å². The summed E-state index contributed by atoms with van der Waals surface area (Å²) in [5.74, 6) is 2.72. The highest BCUT2D eigenvalue weighted by Gasteiger charge is 2.54. The standard InChI is InChI=1S/C23H30ClNO2/c24-20-3-1-2-19(11-20)22(4-6-27-7-5-22)15-25-21(26)23-12-16-8-17(13-23)10-18(9-16)14-23/h1-3,11,16-18H,4-10,12-15H2,(H,25,26). The van der Waals surface area contributed by atoms with Crippen molar-refractivity contribution in [1.82, 2.24) is 5.32 Å². The second-order valence-electron chi connectivity index (χ2n) is 9.78. The summed E-state index contributed by atoms with van der Waals surface area (Å²) in [6, 6.07) is 8.18. The number of halogens is 1. The molecule has 0 aromatic heterocycles. The monoisotopic (exact) mass is 387 g/mol. The highest BCUT2D eigenvalue weighted by Crippen LogP contribution is 2.60. The molecule has 6 rings (SSSR count). The average molecular weight is 388 g/mol. The molecule has 3 nitrogen and oxygen atoms in total. The van der Waals surface area contributed by atoms with Gasteiger partial charge in [-0.15, -0.1) is 0 Å². The van der Waals surface area contributed by atoms with Gasteiger partial charge in [0.15, 0.2) is 0 Å². The van der Waals surface area contributed by atoms with E-state index in [4.69, 9.17) is 16.3 Å². The average Bonchev–Trinajstić information content (AvgIpc) is 2.66. The Morgan fingerprint density at radius 2 is 1.70 bits per heavy atom. The first-order chi connectivity index (χ1) is 13.1. The normalized spacial score (nSPS) is 36.6. The third kappa shape index (κ3) is 3.21. The number of hydrogen-bond acceptors (Lipinski definition) is 2. The van der Waals surface area contributed by atoms with E-state index in [0.717, 1.165) is 68.1 Å². The molecule has 5 aliphatic rings. The molecule has 1 aromatic rings. The van der Waals surface area contributed by atoms with E-state index in [1.165, 1.54) is 24.8 Å². The smallest absolute Gasteiger partial charge is 0.226 e. The van der Waals surface area contributed by atoms with Crippen LogP contribution in [0.2, 0.25) is 5.02 Å². The SMILES string of the molecule is O=C(NCC1(c2cccc(Cl)c2)CCOCC1)C12CC3CC(CC(C3)C1)C2. The van der Waals surface area contributed by atoms with E-state index < -0.39 is 0 Å². The van der Waals surface area contributed by atoms with Gasteiger partial charge in [0.25, 0.3) is 0 Å². The molecule has 0 atom stereocenters. The number of ether oxygens (including phenoxy) is 1. The van der Waals surface area contributed by atoms with Gasteiger partial charge in [0.2, 0.25) is 5.91 Å². The Bertz CT molecular complexity index is 690. The van der Waals surface area contributed by atoms with Crippen molar-refractivity contribution in [2.45, 2.75) is 56.8 Å². The van der Waals surface area contributed by atoms with E-state index in [1.807, 2.05) is 12.1 Å². The van der Waals surface area contributed by atoms with E-state index in [2.05, 4.69) is 17.4 Å². The molecular weight excluding hydrogens is 358 g/mol. The first kappa shape index (κ1) is 18.0. The van der Waals surface area contributed by atoms with E-state index in [9.17, 15) is 4.79 Å². The molecule has 1 heterocycles. The van der Waals surface area contributed by atoms with Gasteiger partial charge in [-0.25, -0.2) is 0 Å². The molecule has 4 aliphatic carbocycles. The summed E-state index contributed by atoms with van der Waals surface area (Å²) >= 11 is 6.28. The van der Waals surface area contributed by atoms with Crippen molar-refractivity contribution in [2.24, 2.45) is 23.2 Å². The van der Waals surface area contributed by atoms with Crippen LogP contribution in [0.5, 0.6) is 0 Å². The summed E-state index contributed by atoms with van der Waals surface area (Å²) in [5, 5.41) is 4.20. The molecule has 0 spiro atoms. The van der Waals surface area contributed by atoms with Crippen molar-refractivity contribution in [2.75, 3.05) is 19.8 Å². The number of carbonyl (C=O) groups excluding carboxylic acids is 1. The van der Waals surface area contributed by atoms with Crippen molar-refractivity contribution in [1.29, 1.82) is 0 Å². The molecule has 1 amide bonds. The fourth-order valence-electron chi connectivity index (χ4n) is 6.97.